The van der Waals surface area contributed by atoms with Crippen LogP contribution in [0.3, 0.4) is 0 Å². The minimum absolute atomic E-state index is 0.251. The van der Waals surface area contributed by atoms with Crippen molar-refractivity contribution in [2.24, 2.45) is 0 Å². The standard InChI is InChI=1S/C12H22N2O2/c1-4-16-12(15)6-5-7-14-8-10(2)13-11(3)9-14/h5-6,10-11,13H,4,7-9H2,1-3H3/b6-5+. The van der Waals surface area contributed by atoms with Crippen molar-refractivity contribution in [1.29, 1.82) is 0 Å². The average Bonchev–Trinajstić information content (AvgIpc) is 2.16. The second kappa shape index (κ2) is 6.66. The van der Waals surface area contributed by atoms with Crippen molar-refractivity contribution in [3.05, 3.63) is 12.2 Å². The first-order valence-corrected chi connectivity index (χ1v) is 5.93. The molecule has 1 N–H and O–H groups in total. The molecular weight excluding hydrogens is 204 g/mol. The minimum Gasteiger partial charge on any atom is -0.463 e. The second-order valence-corrected chi connectivity index (χ2v) is 4.34. The number of esters is 1. The van der Waals surface area contributed by atoms with Gasteiger partial charge in [-0.2, -0.15) is 0 Å². The van der Waals surface area contributed by atoms with Crippen LogP contribution >= 0.6 is 0 Å². The SMILES string of the molecule is CCOC(=O)/C=C/CN1CC(C)NC(C)C1. The van der Waals surface area contributed by atoms with Gasteiger partial charge in [-0.3, -0.25) is 4.90 Å². The van der Waals surface area contributed by atoms with Gasteiger partial charge < -0.3 is 10.1 Å². The van der Waals surface area contributed by atoms with Crippen LogP contribution in [0.5, 0.6) is 0 Å². The van der Waals surface area contributed by atoms with Crippen LogP contribution in [0.2, 0.25) is 0 Å². The number of rotatable bonds is 4. The molecule has 4 heteroatoms. The summed E-state index contributed by atoms with van der Waals surface area (Å²) in [4.78, 5) is 13.4. The van der Waals surface area contributed by atoms with Gasteiger partial charge in [0.1, 0.15) is 0 Å². The fourth-order valence-corrected chi connectivity index (χ4v) is 2.08. The van der Waals surface area contributed by atoms with Gasteiger partial charge in [-0.05, 0) is 20.8 Å². The van der Waals surface area contributed by atoms with Gasteiger partial charge >= 0.3 is 5.97 Å². The molecule has 1 aliphatic heterocycles. The predicted octanol–water partition coefficient (Wildman–Crippen LogP) is 0.788. The Morgan fingerprint density at radius 1 is 1.44 bits per heavy atom. The van der Waals surface area contributed by atoms with Crippen LogP contribution in [0.4, 0.5) is 0 Å². The second-order valence-electron chi connectivity index (χ2n) is 4.34. The Morgan fingerprint density at radius 3 is 2.62 bits per heavy atom. The van der Waals surface area contributed by atoms with Gasteiger partial charge in [0.2, 0.25) is 0 Å². The van der Waals surface area contributed by atoms with Crippen LogP contribution in [0, 0.1) is 0 Å². The predicted molar refractivity (Wildman–Crippen MR) is 64.3 cm³/mol. The van der Waals surface area contributed by atoms with E-state index in [0.717, 1.165) is 19.6 Å². The molecule has 0 aromatic rings. The Kier molecular flexibility index (Phi) is 5.49. The summed E-state index contributed by atoms with van der Waals surface area (Å²) in [5.74, 6) is -0.251. The molecule has 92 valence electrons. The highest BCUT2D eigenvalue weighted by molar-refractivity contribution is 5.81. The molecular formula is C12H22N2O2. The van der Waals surface area contributed by atoms with Gasteiger partial charge in [-0.25, -0.2) is 4.79 Å². The molecule has 0 amide bonds. The summed E-state index contributed by atoms with van der Waals surface area (Å²) in [6, 6.07) is 1.03. The molecule has 16 heavy (non-hydrogen) atoms. The largest absolute Gasteiger partial charge is 0.463 e. The number of hydrogen-bond acceptors (Lipinski definition) is 4. The number of hydrogen-bond donors (Lipinski definition) is 1. The van der Waals surface area contributed by atoms with Gasteiger partial charge in [-0.15, -0.1) is 0 Å². The van der Waals surface area contributed by atoms with E-state index in [1.165, 1.54) is 6.08 Å². The van der Waals surface area contributed by atoms with E-state index < -0.39 is 0 Å². The molecule has 2 atom stereocenters. The fourth-order valence-electron chi connectivity index (χ4n) is 2.08. The van der Waals surface area contributed by atoms with Gasteiger partial charge in [0.15, 0.2) is 0 Å². The summed E-state index contributed by atoms with van der Waals surface area (Å²) in [5.41, 5.74) is 0. The number of nitrogens with zero attached hydrogens (tertiary/aromatic N) is 1. The van der Waals surface area contributed by atoms with Crippen molar-refractivity contribution in [2.75, 3.05) is 26.2 Å². The molecule has 1 aliphatic rings. The fraction of sp³-hybridized carbons (Fsp3) is 0.750. The summed E-state index contributed by atoms with van der Waals surface area (Å²) in [6.45, 7) is 9.47. The lowest BCUT2D eigenvalue weighted by atomic mass is 10.1. The monoisotopic (exact) mass is 226 g/mol. The maximum Gasteiger partial charge on any atom is 0.330 e. The number of carbonyl (C=O) groups is 1. The van der Waals surface area contributed by atoms with Gasteiger partial charge in [0.05, 0.1) is 6.61 Å². The molecule has 0 aromatic carbocycles. The van der Waals surface area contributed by atoms with E-state index in [0.29, 0.717) is 18.7 Å². The number of nitrogens with one attached hydrogen (secondary N) is 1. The van der Waals surface area contributed by atoms with Gasteiger partial charge in [0.25, 0.3) is 0 Å². The van der Waals surface area contributed by atoms with Gasteiger partial charge in [-0.1, -0.05) is 6.08 Å². The van der Waals surface area contributed by atoms with Crippen molar-refractivity contribution < 1.29 is 9.53 Å². The first-order chi connectivity index (χ1) is 7.61. The molecule has 0 aromatic heterocycles. The van der Waals surface area contributed by atoms with Crippen LogP contribution in [0.25, 0.3) is 0 Å². The Bertz CT molecular complexity index is 243. The number of piperazine rings is 1. The van der Waals surface area contributed by atoms with Crippen LogP contribution in [-0.2, 0) is 9.53 Å². The van der Waals surface area contributed by atoms with Crippen LogP contribution in [-0.4, -0.2) is 49.2 Å². The lowest BCUT2D eigenvalue weighted by Gasteiger charge is -2.35. The van der Waals surface area contributed by atoms with E-state index >= 15 is 0 Å². The molecule has 0 bridgehead atoms. The van der Waals surface area contributed by atoms with E-state index in [2.05, 4.69) is 24.1 Å². The molecule has 1 heterocycles. The van der Waals surface area contributed by atoms with Gasteiger partial charge in [0, 0.05) is 37.8 Å². The molecule has 0 radical (unpaired) electrons. The van der Waals surface area contributed by atoms with Crippen LogP contribution in [0.1, 0.15) is 20.8 Å². The normalized spacial score (nSPS) is 27.2. The summed E-state index contributed by atoms with van der Waals surface area (Å²) >= 11 is 0. The highest BCUT2D eigenvalue weighted by Gasteiger charge is 2.19. The van der Waals surface area contributed by atoms with E-state index in [1.54, 1.807) is 0 Å². The van der Waals surface area contributed by atoms with Crippen molar-refractivity contribution in [3.8, 4) is 0 Å². The zero-order valence-corrected chi connectivity index (χ0v) is 10.4. The number of ether oxygens (including phenoxy) is 1. The van der Waals surface area contributed by atoms with Crippen molar-refractivity contribution in [2.45, 2.75) is 32.9 Å². The average molecular weight is 226 g/mol. The zero-order chi connectivity index (χ0) is 12.0. The molecule has 2 unspecified atom stereocenters. The van der Waals surface area contributed by atoms with E-state index in [9.17, 15) is 4.79 Å². The van der Waals surface area contributed by atoms with Crippen LogP contribution in [0.15, 0.2) is 12.2 Å². The summed E-state index contributed by atoms with van der Waals surface area (Å²) in [7, 11) is 0. The Balaban J connectivity index is 2.28. The summed E-state index contributed by atoms with van der Waals surface area (Å²) < 4.78 is 4.82. The van der Waals surface area contributed by atoms with Crippen molar-refractivity contribution in [3.63, 3.8) is 0 Å². The van der Waals surface area contributed by atoms with Crippen molar-refractivity contribution in [1.82, 2.24) is 10.2 Å². The molecule has 1 saturated heterocycles. The summed E-state index contributed by atoms with van der Waals surface area (Å²) in [5, 5.41) is 3.47. The maximum absolute atomic E-state index is 11.1. The Labute approximate surface area is 97.6 Å². The lowest BCUT2D eigenvalue weighted by molar-refractivity contribution is -0.137. The van der Waals surface area contributed by atoms with Crippen LogP contribution < -0.4 is 5.32 Å². The highest BCUT2D eigenvalue weighted by Crippen LogP contribution is 2.03. The summed E-state index contributed by atoms with van der Waals surface area (Å²) in [6.07, 6.45) is 3.39. The molecule has 0 aliphatic carbocycles. The maximum atomic E-state index is 11.1. The Hall–Kier alpha value is -0.870. The quantitative estimate of drug-likeness (QED) is 0.568. The number of carbonyl (C=O) groups excluding carboxylic acids is 1. The third-order valence-electron chi connectivity index (χ3n) is 2.54. The first-order valence-electron chi connectivity index (χ1n) is 5.93. The topological polar surface area (TPSA) is 41.6 Å². The molecule has 1 rings (SSSR count). The van der Waals surface area contributed by atoms with E-state index in [4.69, 9.17) is 4.74 Å². The Morgan fingerprint density at radius 2 is 2.06 bits per heavy atom. The molecule has 1 fully saturated rings. The smallest absolute Gasteiger partial charge is 0.330 e. The molecule has 0 spiro atoms. The molecule has 4 nitrogen and oxygen atoms in total. The highest BCUT2D eigenvalue weighted by atomic mass is 16.5. The lowest BCUT2D eigenvalue weighted by Crippen LogP contribution is -2.54. The first kappa shape index (κ1) is 13.2. The molecule has 0 saturated carbocycles. The van der Waals surface area contributed by atoms with Crippen molar-refractivity contribution >= 4 is 5.97 Å². The minimum atomic E-state index is -0.251. The van der Waals surface area contributed by atoms with E-state index in [-0.39, 0.29) is 5.97 Å². The zero-order valence-electron chi connectivity index (χ0n) is 10.4. The third kappa shape index (κ3) is 4.77. The van der Waals surface area contributed by atoms with E-state index in [1.807, 2.05) is 13.0 Å². The third-order valence-corrected chi connectivity index (χ3v) is 2.54.